The zero-order valence-electron chi connectivity index (χ0n) is 15.8. The van der Waals surface area contributed by atoms with Crippen molar-refractivity contribution >= 4 is 33.2 Å². The summed E-state index contributed by atoms with van der Waals surface area (Å²) >= 11 is 6.12. The zero-order valence-corrected chi connectivity index (χ0v) is 17.4. The molecule has 2 aromatic carbocycles. The molecule has 0 saturated heterocycles. The van der Waals surface area contributed by atoms with E-state index in [1.807, 2.05) is 16.8 Å². The Balaban J connectivity index is 1.69. The van der Waals surface area contributed by atoms with Crippen LogP contribution in [0.25, 0.3) is 0 Å². The number of carbonyl (C=O) groups is 1. The normalized spacial score (nSPS) is 11.2. The number of benzene rings is 2. The van der Waals surface area contributed by atoms with Crippen LogP contribution >= 0.6 is 11.6 Å². The van der Waals surface area contributed by atoms with Gasteiger partial charge in [0.1, 0.15) is 4.90 Å². The Labute approximate surface area is 174 Å². The molecule has 3 rings (SSSR count). The molecule has 1 heterocycles. The van der Waals surface area contributed by atoms with Crippen LogP contribution in [0.2, 0.25) is 5.02 Å². The van der Waals surface area contributed by atoms with Crippen molar-refractivity contribution in [3.05, 3.63) is 77.3 Å². The molecule has 0 radical (unpaired) electrons. The highest BCUT2D eigenvalue weighted by atomic mass is 35.5. The fourth-order valence-electron chi connectivity index (χ4n) is 2.72. The Morgan fingerprint density at radius 2 is 2.00 bits per heavy atom. The second-order valence-corrected chi connectivity index (χ2v) is 8.53. The standard InChI is InChI=1S/C20H21ClN4O3S/c1-15-5-2-3-6-18(15)24-29(27,28)19-13-16(7-8-17(19)21)20(26)23-9-4-11-25-12-10-22-14-25/h2-3,5-8,10,12-14,24H,4,9,11H2,1H3,(H,23,26). The minimum absolute atomic E-state index is 0.0442. The molecule has 0 saturated carbocycles. The van der Waals surface area contributed by atoms with E-state index in [0.717, 1.165) is 18.5 Å². The second-order valence-electron chi connectivity index (χ2n) is 6.48. The van der Waals surface area contributed by atoms with Gasteiger partial charge in [0.05, 0.1) is 17.0 Å². The van der Waals surface area contributed by atoms with E-state index < -0.39 is 10.0 Å². The summed E-state index contributed by atoms with van der Waals surface area (Å²) in [6.45, 7) is 2.97. The summed E-state index contributed by atoms with van der Waals surface area (Å²) in [6.07, 6.45) is 5.97. The number of nitrogens with zero attached hydrogens (tertiary/aromatic N) is 2. The summed E-state index contributed by atoms with van der Waals surface area (Å²) in [5, 5.41) is 2.83. The molecule has 2 N–H and O–H groups in total. The van der Waals surface area contributed by atoms with E-state index >= 15 is 0 Å². The quantitative estimate of drug-likeness (QED) is 0.533. The molecule has 0 aliphatic rings. The highest BCUT2D eigenvalue weighted by Crippen LogP contribution is 2.26. The molecule has 0 unspecified atom stereocenters. The van der Waals surface area contributed by atoms with Crippen molar-refractivity contribution in [2.24, 2.45) is 0 Å². The van der Waals surface area contributed by atoms with Gasteiger partial charge >= 0.3 is 0 Å². The lowest BCUT2D eigenvalue weighted by atomic mass is 10.2. The molecule has 0 fully saturated rings. The fourth-order valence-corrected chi connectivity index (χ4v) is 4.38. The summed E-state index contributed by atoms with van der Waals surface area (Å²) < 4.78 is 30.0. The Morgan fingerprint density at radius 3 is 2.72 bits per heavy atom. The Bertz CT molecular complexity index is 1100. The predicted molar refractivity (Wildman–Crippen MR) is 113 cm³/mol. The van der Waals surface area contributed by atoms with Crippen molar-refractivity contribution in [1.29, 1.82) is 0 Å². The van der Waals surface area contributed by atoms with Crippen LogP contribution in [-0.4, -0.2) is 30.4 Å². The average molecular weight is 433 g/mol. The molecule has 1 aromatic heterocycles. The number of carbonyl (C=O) groups excluding carboxylic acids is 1. The van der Waals surface area contributed by atoms with Crippen LogP contribution in [0.4, 0.5) is 5.69 Å². The highest BCUT2D eigenvalue weighted by Gasteiger charge is 2.21. The van der Waals surface area contributed by atoms with Crippen LogP contribution in [-0.2, 0) is 16.6 Å². The van der Waals surface area contributed by atoms with Crippen LogP contribution in [0.1, 0.15) is 22.3 Å². The predicted octanol–water partition coefficient (Wildman–Crippen LogP) is 3.47. The zero-order chi connectivity index (χ0) is 20.9. The number of imidazole rings is 1. The number of para-hydroxylation sites is 1. The lowest BCUT2D eigenvalue weighted by Gasteiger charge is -2.13. The van der Waals surface area contributed by atoms with Gasteiger partial charge in [-0.1, -0.05) is 29.8 Å². The number of hydrogen-bond acceptors (Lipinski definition) is 4. The fraction of sp³-hybridized carbons (Fsp3) is 0.200. The van der Waals surface area contributed by atoms with Gasteiger partial charge in [0.25, 0.3) is 15.9 Å². The molecule has 152 valence electrons. The van der Waals surface area contributed by atoms with E-state index in [0.29, 0.717) is 12.2 Å². The number of anilines is 1. The minimum Gasteiger partial charge on any atom is -0.352 e. The van der Waals surface area contributed by atoms with Gasteiger partial charge in [-0.05, 0) is 43.2 Å². The molecule has 0 aliphatic heterocycles. The van der Waals surface area contributed by atoms with Crippen LogP contribution < -0.4 is 10.0 Å². The van der Waals surface area contributed by atoms with E-state index in [1.54, 1.807) is 37.6 Å². The number of aryl methyl sites for hydroxylation is 2. The maximum absolute atomic E-state index is 12.8. The minimum atomic E-state index is -3.95. The van der Waals surface area contributed by atoms with Gasteiger partial charge in [-0.2, -0.15) is 0 Å². The molecule has 0 bridgehead atoms. The third kappa shape index (κ3) is 5.36. The smallest absolute Gasteiger partial charge is 0.263 e. The Kier molecular flexibility index (Phi) is 6.56. The number of sulfonamides is 1. The van der Waals surface area contributed by atoms with Gasteiger partial charge in [-0.25, -0.2) is 13.4 Å². The van der Waals surface area contributed by atoms with Gasteiger partial charge in [0, 0.05) is 31.0 Å². The summed E-state index contributed by atoms with van der Waals surface area (Å²) in [7, 11) is -3.95. The van der Waals surface area contributed by atoms with Crippen LogP contribution in [0.15, 0.2) is 66.1 Å². The van der Waals surface area contributed by atoms with E-state index in [4.69, 9.17) is 11.6 Å². The first kappa shape index (κ1) is 20.9. The number of nitrogens with one attached hydrogen (secondary N) is 2. The van der Waals surface area contributed by atoms with Gasteiger partial charge in [0.2, 0.25) is 0 Å². The van der Waals surface area contributed by atoms with E-state index in [9.17, 15) is 13.2 Å². The van der Waals surface area contributed by atoms with E-state index in [-0.39, 0.29) is 21.4 Å². The molecule has 0 spiro atoms. The van der Waals surface area contributed by atoms with Gasteiger partial charge < -0.3 is 9.88 Å². The van der Waals surface area contributed by atoms with Crippen LogP contribution in [0.3, 0.4) is 0 Å². The average Bonchev–Trinajstić information content (AvgIpc) is 3.20. The van der Waals surface area contributed by atoms with Gasteiger partial charge in [-0.3, -0.25) is 9.52 Å². The van der Waals surface area contributed by atoms with Crippen molar-refractivity contribution in [3.63, 3.8) is 0 Å². The summed E-state index contributed by atoms with van der Waals surface area (Å²) in [5.74, 6) is -0.361. The lowest BCUT2D eigenvalue weighted by molar-refractivity contribution is 0.0952. The van der Waals surface area contributed by atoms with Gasteiger partial charge in [0.15, 0.2) is 0 Å². The third-order valence-corrected chi connectivity index (χ3v) is 6.16. The SMILES string of the molecule is Cc1ccccc1NS(=O)(=O)c1cc(C(=O)NCCCn2ccnc2)ccc1Cl. The Hall–Kier alpha value is -2.84. The largest absolute Gasteiger partial charge is 0.352 e. The molecule has 1 amide bonds. The first-order valence-electron chi connectivity index (χ1n) is 8.99. The summed E-state index contributed by atoms with van der Waals surface area (Å²) in [6, 6.07) is 11.2. The summed E-state index contributed by atoms with van der Waals surface area (Å²) in [4.78, 5) is 16.2. The Morgan fingerprint density at radius 1 is 1.21 bits per heavy atom. The first-order valence-corrected chi connectivity index (χ1v) is 10.8. The lowest BCUT2D eigenvalue weighted by Crippen LogP contribution is -2.25. The van der Waals surface area contributed by atoms with Gasteiger partial charge in [-0.15, -0.1) is 0 Å². The number of aromatic nitrogens is 2. The topological polar surface area (TPSA) is 93.1 Å². The third-order valence-electron chi connectivity index (χ3n) is 4.31. The number of rotatable bonds is 8. The van der Waals surface area contributed by atoms with Crippen molar-refractivity contribution in [2.45, 2.75) is 24.8 Å². The monoisotopic (exact) mass is 432 g/mol. The summed E-state index contributed by atoms with van der Waals surface area (Å²) in [5.41, 5.74) is 1.46. The van der Waals surface area contributed by atoms with Crippen LogP contribution in [0.5, 0.6) is 0 Å². The van der Waals surface area contributed by atoms with Crippen molar-refractivity contribution < 1.29 is 13.2 Å². The van der Waals surface area contributed by atoms with Crippen molar-refractivity contribution in [2.75, 3.05) is 11.3 Å². The van der Waals surface area contributed by atoms with E-state index in [1.165, 1.54) is 18.2 Å². The van der Waals surface area contributed by atoms with Crippen molar-refractivity contribution in [3.8, 4) is 0 Å². The molecule has 3 aromatic rings. The molecule has 7 nitrogen and oxygen atoms in total. The molecular formula is C20H21ClN4O3S. The van der Waals surface area contributed by atoms with Crippen LogP contribution in [0, 0.1) is 6.92 Å². The number of hydrogen-bond donors (Lipinski definition) is 2. The number of amides is 1. The maximum atomic E-state index is 12.8. The highest BCUT2D eigenvalue weighted by molar-refractivity contribution is 7.92. The maximum Gasteiger partial charge on any atom is 0.263 e. The van der Waals surface area contributed by atoms with E-state index in [2.05, 4.69) is 15.0 Å². The molecule has 0 aliphatic carbocycles. The first-order chi connectivity index (χ1) is 13.9. The number of halogens is 1. The molecule has 0 atom stereocenters. The molecule has 29 heavy (non-hydrogen) atoms. The molecular weight excluding hydrogens is 412 g/mol. The molecule has 9 heteroatoms. The second kappa shape index (κ2) is 9.11. The van der Waals surface area contributed by atoms with Crippen molar-refractivity contribution in [1.82, 2.24) is 14.9 Å².